The minimum absolute atomic E-state index is 0.215. The molecule has 4 N–H and O–H groups in total. The van der Waals surface area contributed by atoms with E-state index >= 15 is 0 Å². The quantitative estimate of drug-likeness (QED) is 0.308. The molecule has 0 spiro atoms. The van der Waals surface area contributed by atoms with Gasteiger partial charge in [-0.1, -0.05) is 0 Å². The predicted molar refractivity (Wildman–Crippen MR) is 135 cm³/mol. The van der Waals surface area contributed by atoms with Crippen molar-refractivity contribution < 1.29 is 14.9 Å². The second-order valence-electron chi connectivity index (χ2n) is 9.66. The van der Waals surface area contributed by atoms with E-state index in [1.54, 1.807) is 0 Å². The van der Waals surface area contributed by atoms with E-state index in [9.17, 15) is 10.2 Å². The Kier molecular flexibility index (Phi) is 5.66. The summed E-state index contributed by atoms with van der Waals surface area (Å²) in [6, 6.07) is 11.6. The molecule has 9 nitrogen and oxygen atoms in total. The van der Waals surface area contributed by atoms with E-state index in [4.69, 9.17) is 9.72 Å². The molecule has 182 valence electrons. The first-order valence-corrected chi connectivity index (χ1v) is 12.2. The van der Waals surface area contributed by atoms with Crippen LogP contribution in [0.4, 0.5) is 11.6 Å². The molecule has 0 bridgehead atoms. The van der Waals surface area contributed by atoms with E-state index in [0.29, 0.717) is 18.8 Å². The van der Waals surface area contributed by atoms with Gasteiger partial charge in [0.05, 0.1) is 29.7 Å². The second-order valence-corrected chi connectivity index (χ2v) is 9.66. The summed E-state index contributed by atoms with van der Waals surface area (Å²) in [5, 5.41) is 30.0. The Bertz CT molecular complexity index is 1350. The number of fused-ring (bicyclic) bond motifs is 2. The zero-order chi connectivity index (χ0) is 23.9. The summed E-state index contributed by atoms with van der Waals surface area (Å²) in [5.41, 5.74) is 1.60. The third-order valence-corrected chi connectivity index (χ3v) is 7.27. The number of aliphatic hydroxyl groups is 2. The molecule has 4 atom stereocenters. The van der Waals surface area contributed by atoms with Gasteiger partial charge >= 0.3 is 0 Å². The highest BCUT2D eigenvalue weighted by atomic mass is 16.5. The lowest BCUT2D eigenvalue weighted by atomic mass is 10.1. The monoisotopic (exact) mass is 474 g/mol. The Labute approximate surface area is 203 Å². The lowest BCUT2D eigenvalue weighted by Gasteiger charge is -2.19. The topological polar surface area (TPSA) is 117 Å². The predicted octanol–water partition coefficient (Wildman–Crippen LogP) is 3.20. The first-order chi connectivity index (χ1) is 17.1. The second kappa shape index (κ2) is 8.98. The van der Waals surface area contributed by atoms with E-state index in [0.717, 1.165) is 46.0 Å². The highest BCUT2D eigenvalue weighted by Gasteiger charge is 2.43. The molecule has 9 heteroatoms. The minimum Gasteiger partial charge on any atom is -0.493 e. The summed E-state index contributed by atoms with van der Waals surface area (Å²) in [6.45, 7) is 1.27. The van der Waals surface area contributed by atoms with Crippen LogP contribution >= 0.6 is 0 Å². The maximum atomic E-state index is 10.8. The average molecular weight is 475 g/mol. The van der Waals surface area contributed by atoms with Crippen molar-refractivity contribution in [2.75, 3.05) is 30.8 Å². The molecule has 2 aliphatic rings. The number of nitrogens with one attached hydrogen (secondary N) is 2. The summed E-state index contributed by atoms with van der Waals surface area (Å²) in [6.07, 6.45) is 4.77. The Balaban J connectivity index is 1.15. The van der Waals surface area contributed by atoms with Crippen LogP contribution in [0.15, 0.2) is 48.9 Å². The van der Waals surface area contributed by atoms with Crippen LogP contribution < -0.4 is 15.4 Å². The van der Waals surface area contributed by atoms with E-state index < -0.39 is 12.2 Å². The van der Waals surface area contributed by atoms with Crippen LogP contribution in [0.3, 0.4) is 0 Å². The van der Waals surface area contributed by atoms with Crippen LogP contribution in [0.5, 0.6) is 5.75 Å². The largest absolute Gasteiger partial charge is 0.493 e. The van der Waals surface area contributed by atoms with Gasteiger partial charge in [0.2, 0.25) is 0 Å². The smallest absolute Gasteiger partial charge is 0.145 e. The number of anilines is 2. The van der Waals surface area contributed by atoms with Gasteiger partial charge in [0.1, 0.15) is 35.5 Å². The number of benzene rings is 1. The van der Waals surface area contributed by atoms with Gasteiger partial charge in [0.25, 0.3) is 0 Å². The van der Waals surface area contributed by atoms with Crippen molar-refractivity contribution >= 4 is 33.6 Å². The molecule has 0 radical (unpaired) electrons. The van der Waals surface area contributed by atoms with Crippen molar-refractivity contribution in [3.63, 3.8) is 0 Å². The van der Waals surface area contributed by atoms with E-state index in [2.05, 4.69) is 26.7 Å². The van der Waals surface area contributed by atoms with Gasteiger partial charge in [-0.2, -0.15) is 0 Å². The highest BCUT2D eigenvalue weighted by Crippen LogP contribution is 2.38. The van der Waals surface area contributed by atoms with Crippen LogP contribution in [0.2, 0.25) is 0 Å². The maximum absolute atomic E-state index is 10.8. The lowest BCUT2D eigenvalue weighted by molar-refractivity contribution is -0.00141. The summed E-state index contributed by atoms with van der Waals surface area (Å²) in [5.74, 6) is 2.88. The van der Waals surface area contributed by atoms with Gasteiger partial charge < -0.3 is 30.2 Å². The van der Waals surface area contributed by atoms with Gasteiger partial charge in [-0.25, -0.2) is 15.0 Å². The molecule has 2 saturated carbocycles. The number of hydrogen-bond donors (Lipinski definition) is 4. The SMILES string of the molecule is CNc1ncnc2c1ccn2C1C[C@H](COc2ccc3ccc(NCC4CC4)nc3c2)[C@@H](O)[C@H]1O. The molecular weight excluding hydrogens is 444 g/mol. The van der Waals surface area contributed by atoms with Crippen LogP contribution in [-0.2, 0) is 0 Å². The van der Waals surface area contributed by atoms with Gasteiger partial charge in [-0.3, -0.25) is 0 Å². The fourth-order valence-corrected chi connectivity index (χ4v) is 5.04. The maximum Gasteiger partial charge on any atom is 0.145 e. The Hall–Kier alpha value is -3.43. The van der Waals surface area contributed by atoms with E-state index in [1.165, 1.54) is 19.2 Å². The number of nitrogens with zero attached hydrogens (tertiary/aromatic N) is 4. The highest BCUT2D eigenvalue weighted by molar-refractivity contribution is 5.87. The molecule has 0 saturated heterocycles. The van der Waals surface area contributed by atoms with E-state index in [1.807, 2.05) is 48.1 Å². The first-order valence-electron chi connectivity index (χ1n) is 12.2. The Morgan fingerprint density at radius 1 is 1.09 bits per heavy atom. The lowest BCUT2D eigenvalue weighted by Crippen LogP contribution is -2.31. The van der Waals surface area contributed by atoms with Crippen molar-refractivity contribution in [1.82, 2.24) is 19.5 Å². The molecule has 4 aromatic rings. The van der Waals surface area contributed by atoms with E-state index in [-0.39, 0.29) is 12.0 Å². The van der Waals surface area contributed by atoms with Crippen molar-refractivity contribution in [3.05, 3.63) is 48.9 Å². The molecule has 6 rings (SSSR count). The zero-order valence-electron chi connectivity index (χ0n) is 19.6. The molecule has 0 amide bonds. The van der Waals surface area contributed by atoms with Crippen molar-refractivity contribution in [2.24, 2.45) is 11.8 Å². The van der Waals surface area contributed by atoms with Gasteiger partial charge in [-0.05, 0) is 55.5 Å². The number of pyridine rings is 1. The van der Waals surface area contributed by atoms with Crippen LogP contribution in [-0.4, -0.2) is 62.1 Å². The zero-order valence-corrected chi connectivity index (χ0v) is 19.6. The normalized spacial score (nSPS) is 24.2. The Morgan fingerprint density at radius 2 is 1.94 bits per heavy atom. The number of ether oxygens (including phenoxy) is 1. The number of rotatable bonds is 8. The van der Waals surface area contributed by atoms with Crippen LogP contribution in [0.25, 0.3) is 21.9 Å². The molecule has 1 unspecified atom stereocenters. The van der Waals surface area contributed by atoms with Crippen molar-refractivity contribution in [3.8, 4) is 5.75 Å². The number of aliphatic hydroxyl groups excluding tert-OH is 2. The molecule has 35 heavy (non-hydrogen) atoms. The molecule has 2 aliphatic carbocycles. The van der Waals surface area contributed by atoms with Gasteiger partial charge in [-0.15, -0.1) is 0 Å². The molecule has 2 fully saturated rings. The molecule has 1 aromatic carbocycles. The van der Waals surface area contributed by atoms with Gasteiger partial charge in [0, 0.05) is 37.2 Å². The molecule has 3 aromatic heterocycles. The van der Waals surface area contributed by atoms with Crippen LogP contribution in [0.1, 0.15) is 25.3 Å². The van der Waals surface area contributed by atoms with Crippen molar-refractivity contribution in [1.29, 1.82) is 0 Å². The summed E-state index contributed by atoms with van der Waals surface area (Å²) in [7, 11) is 1.81. The summed E-state index contributed by atoms with van der Waals surface area (Å²) < 4.78 is 8.01. The average Bonchev–Trinajstić information content (AvgIpc) is 3.56. The number of aromatic nitrogens is 4. The first kappa shape index (κ1) is 22.1. The fraction of sp³-hybridized carbons (Fsp3) is 0.423. The molecular formula is C26H30N6O3. The van der Waals surface area contributed by atoms with Crippen molar-refractivity contribution in [2.45, 2.75) is 37.5 Å². The van der Waals surface area contributed by atoms with Crippen LogP contribution in [0, 0.1) is 11.8 Å². The molecule has 3 heterocycles. The Morgan fingerprint density at radius 3 is 2.77 bits per heavy atom. The standard InChI is InChI=1S/C26H30N6O3/c1-27-25-19-8-9-32(26(19)30-14-29-25)21-10-17(23(33)24(21)34)13-35-18-6-4-16-5-7-22(31-20(16)11-18)28-12-15-2-3-15/h4-9,11,14-15,17,21,23-24,33-34H,2-3,10,12-13H2,1H3,(H,28,31)(H,27,29,30)/t17-,21?,23-,24+/m1/s1. The summed E-state index contributed by atoms with van der Waals surface area (Å²) in [4.78, 5) is 13.4. The molecule has 0 aliphatic heterocycles. The fourth-order valence-electron chi connectivity index (χ4n) is 5.04. The minimum atomic E-state index is -0.912. The third kappa shape index (κ3) is 4.26. The third-order valence-electron chi connectivity index (χ3n) is 7.27. The number of hydrogen-bond acceptors (Lipinski definition) is 8. The summed E-state index contributed by atoms with van der Waals surface area (Å²) >= 11 is 0. The van der Waals surface area contributed by atoms with Gasteiger partial charge in [0.15, 0.2) is 0 Å².